The van der Waals surface area contributed by atoms with Crippen LogP contribution in [0.5, 0.6) is 5.75 Å². The number of aliphatic hydroxyl groups excluding tert-OH is 1. The Labute approximate surface area is 118 Å². The molecule has 0 saturated heterocycles. The van der Waals surface area contributed by atoms with Gasteiger partial charge in [-0.25, -0.2) is 0 Å². The molecule has 0 aliphatic carbocycles. The van der Waals surface area contributed by atoms with Crippen molar-refractivity contribution in [3.63, 3.8) is 0 Å². The highest BCUT2D eigenvalue weighted by molar-refractivity contribution is 5.98. The van der Waals surface area contributed by atoms with Crippen LogP contribution in [0.25, 0.3) is 0 Å². The van der Waals surface area contributed by atoms with Gasteiger partial charge in [-0.05, 0) is 19.1 Å². The summed E-state index contributed by atoms with van der Waals surface area (Å²) >= 11 is 0. The van der Waals surface area contributed by atoms with Crippen molar-refractivity contribution in [3.05, 3.63) is 29.8 Å². The minimum absolute atomic E-state index is 0.131. The number of methoxy groups -OCH3 is 1. The van der Waals surface area contributed by atoms with E-state index in [-0.39, 0.29) is 13.2 Å². The lowest BCUT2D eigenvalue weighted by molar-refractivity contribution is -0.00419. The highest BCUT2D eigenvalue weighted by atomic mass is 16.5. The Morgan fingerprint density at radius 3 is 2.80 bits per heavy atom. The Bertz CT molecular complexity index is 422. The molecule has 1 rings (SSSR count). The zero-order valence-corrected chi connectivity index (χ0v) is 11.8. The van der Waals surface area contributed by atoms with E-state index < -0.39 is 6.10 Å². The van der Waals surface area contributed by atoms with Gasteiger partial charge in [0, 0.05) is 12.7 Å². The van der Waals surface area contributed by atoms with Crippen molar-refractivity contribution >= 4 is 5.71 Å². The van der Waals surface area contributed by atoms with Crippen molar-refractivity contribution in [1.29, 1.82) is 0 Å². The number of oxime groups is 1. The van der Waals surface area contributed by atoms with Gasteiger partial charge >= 0.3 is 0 Å². The van der Waals surface area contributed by atoms with Crippen LogP contribution in [0, 0.1) is 0 Å². The molecular formula is C14H21NO5. The molecule has 0 saturated carbocycles. The summed E-state index contributed by atoms with van der Waals surface area (Å²) in [5.41, 5.74) is 1.26. The highest BCUT2D eigenvalue weighted by Crippen LogP contribution is 2.14. The topological polar surface area (TPSA) is 80.5 Å². The van der Waals surface area contributed by atoms with Gasteiger partial charge in [0.2, 0.25) is 0 Å². The zero-order valence-electron chi connectivity index (χ0n) is 11.8. The van der Waals surface area contributed by atoms with Gasteiger partial charge in [0.15, 0.2) is 0 Å². The molecule has 0 bridgehead atoms. The second-order valence-corrected chi connectivity index (χ2v) is 4.25. The number of hydrogen-bond acceptors (Lipinski definition) is 6. The van der Waals surface area contributed by atoms with Crippen LogP contribution in [-0.4, -0.2) is 55.7 Å². The molecule has 112 valence electrons. The largest absolute Gasteiger partial charge is 0.491 e. The maximum atomic E-state index is 9.68. The van der Waals surface area contributed by atoms with Crippen LogP contribution in [0.15, 0.2) is 29.4 Å². The summed E-state index contributed by atoms with van der Waals surface area (Å²) in [5.74, 6) is 0.599. The van der Waals surface area contributed by atoms with E-state index in [4.69, 9.17) is 19.4 Å². The monoisotopic (exact) mass is 283 g/mol. The quantitative estimate of drug-likeness (QED) is 0.309. The number of hydrogen-bond donors (Lipinski definition) is 2. The van der Waals surface area contributed by atoms with Crippen LogP contribution in [0.3, 0.4) is 0 Å². The SMILES string of the molecule is COCCOCC(O)COc1cccc(/C(C)=N/O)c1. The molecule has 2 N–H and O–H groups in total. The summed E-state index contributed by atoms with van der Waals surface area (Å²) in [6, 6.07) is 7.12. The number of benzene rings is 1. The fourth-order valence-corrected chi connectivity index (χ4v) is 1.47. The Balaban J connectivity index is 2.37. The summed E-state index contributed by atoms with van der Waals surface area (Å²) in [5, 5.41) is 21.5. The molecule has 0 radical (unpaired) electrons. The molecular weight excluding hydrogens is 262 g/mol. The fraction of sp³-hybridized carbons (Fsp3) is 0.500. The van der Waals surface area contributed by atoms with Gasteiger partial charge in [0.05, 0.1) is 25.5 Å². The van der Waals surface area contributed by atoms with Gasteiger partial charge in [-0.15, -0.1) is 0 Å². The van der Waals surface area contributed by atoms with E-state index in [1.165, 1.54) is 0 Å². The van der Waals surface area contributed by atoms with Crippen LogP contribution < -0.4 is 4.74 Å². The molecule has 1 aromatic carbocycles. The molecule has 0 aliphatic heterocycles. The maximum absolute atomic E-state index is 9.68. The minimum Gasteiger partial charge on any atom is -0.491 e. The molecule has 0 spiro atoms. The molecule has 0 heterocycles. The summed E-state index contributed by atoms with van der Waals surface area (Å²) < 4.78 is 15.5. The third-order valence-corrected chi connectivity index (χ3v) is 2.59. The van der Waals surface area contributed by atoms with Crippen LogP contribution in [0.4, 0.5) is 0 Å². The van der Waals surface area contributed by atoms with Crippen molar-refractivity contribution in [2.75, 3.05) is 33.5 Å². The van der Waals surface area contributed by atoms with E-state index >= 15 is 0 Å². The summed E-state index contributed by atoms with van der Waals surface area (Å²) in [6.07, 6.45) is -0.705. The van der Waals surface area contributed by atoms with Crippen molar-refractivity contribution in [3.8, 4) is 5.75 Å². The van der Waals surface area contributed by atoms with E-state index in [1.54, 1.807) is 32.2 Å². The van der Waals surface area contributed by atoms with Crippen LogP contribution in [-0.2, 0) is 9.47 Å². The van der Waals surface area contributed by atoms with Crippen molar-refractivity contribution in [1.82, 2.24) is 0 Å². The second-order valence-electron chi connectivity index (χ2n) is 4.25. The average molecular weight is 283 g/mol. The molecule has 6 nitrogen and oxygen atoms in total. The van der Waals surface area contributed by atoms with Gasteiger partial charge in [-0.3, -0.25) is 0 Å². The zero-order chi connectivity index (χ0) is 14.8. The lowest BCUT2D eigenvalue weighted by Crippen LogP contribution is -2.24. The molecule has 20 heavy (non-hydrogen) atoms. The molecule has 1 aromatic rings. The summed E-state index contributed by atoms with van der Waals surface area (Å²) in [6.45, 7) is 2.95. The summed E-state index contributed by atoms with van der Waals surface area (Å²) in [7, 11) is 1.59. The first-order chi connectivity index (χ1) is 9.67. The van der Waals surface area contributed by atoms with E-state index in [0.717, 1.165) is 5.56 Å². The fourth-order valence-electron chi connectivity index (χ4n) is 1.47. The molecule has 1 unspecified atom stereocenters. The van der Waals surface area contributed by atoms with E-state index in [1.807, 2.05) is 6.07 Å². The predicted molar refractivity (Wildman–Crippen MR) is 74.6 cm³/mol. The molecule has 1 atom stereocenters. The summed E-state index contributed by atoms with van der Waals surface area (Å²) in [4.78, 5) is 0. The van der Waals surface area contributed by atoms with Gasteiger partial charge < -0.3 is 24.5 Å². The Morgan fingerprint density at radius 2 is 2.10 bits per heavy atom. The first kappa shape index (κ1) is 16.4. The molecule has 0 amide bonds. The van der Waals surface area contributed by atoms with Crippen molar-refractivity contribution in [2.24, 2.45) is 5.16 Å². The van der Waals surface area contributed by atoms with Crippen LogP contribution in [0.2, 0.25) is 0 Å². The van der Waals surface area contributed by atoms with E-state index in [0.29, 0.717) is 24.7 Å². The van der Waals surface area contributed by atoms with Crippen molar-refractivity contribution < 1.29 is 24.5 Å². The maximum Gasteiger partial charge on any atom is 0.120 e. The van der Waals surface area contributed by atoms with E-state index in [9.17, 15) is 5.11 Å². The lowest BCUT2D eigenvalue weighted by Gasteiger charge is -2.13. The second kappa shape index (κ2) is 9.30. The molecule has 6 heteroatoms. The third kappa shape index (κ3) is 6.01. The Hall–Kier alpha value is -1.63. The third-order valence-electron chi connectivity index (χ3n) is 2.59. The van der Waals surface area contributed by atoms with Crippen molar-refractivity contribution in [2.45, 2.75) is 13.0 Å². The molecule has 0 fully saturated rings. The van der Waals surface area contributed by atoms with Gasteiger partial charge in [-0.1, -0.05) is 17.3 Å². The normalized spacial score (nSPS) is 13.2. The number of ether oxygens (including phenoxy) is 3. The van der Waals surface area contributed by atoms with Gasteiger partial charge in [0.25, 0.3) is 0 Å². The highest BCUT2D eigenvalue weighted by Gasteiger charge is 2.06. The van der Waals surface area contributed by atoms with Gasteiger partial charge in [-0.2, -0.15) is 0 Å². The Morgan fingerprint density at radius 1 is 1.30 bits per heavy atom. The number of aliphatic hydroxyl groups is 1. The van der Waals surface area contributed by atoms with Crippen LogP contribution >= 0.6 is 0 Å². The van der Waals surface area contributed by atoms with Crippen LogP contribution in [0.1, 0.15) is 12.5 Å². The first-order valence-corrected chi connectivity index (χ1v) is 6.34. The smallest absolute Gasteiger partial charge is 0.120 e. The molecule has 0 aromatic heterocycles. The number of rotatable bonds is 9. The van der Waals surface area contributed by atoms with Gasteiger partial charge in [0.1, 0.15) is 18.5 Å². The molecule has 0 aliphatic rings. The standard InChI is InChI=1S/C14H21NO5/c1-11(15-17)12-4-3-5-14(8-12)20-10-13(16)9-19-7-6-18-2/h3-5,8,13,16-17H,6-7,9-10H2,1-2H3/b15-11+. The first-order valence-electron chi connectivity index (χ1n) is 6.34. The minimum atomic E-state index is -0.705. The van der Waals surface area contributed by atoms with E-state index in [2.05, 4.69) is 5.16 Å². The Kier molecular flexibility index (Phi) is 7.64. The lowest BCUT2D eigenvalue weighted by atomic mass is 10.1. The predicted octanol–water partition coefficient (Wildman–Crippen LogP) is 1.29. The average Bonchev–Trinajstić information content (AvgIpc) is 2.49. The number of nitrogens with zero attached hydrogens (tertiary/aromatic N) is 1.